The molecule has 0 saturated heterocycles. The first-order chi connectivity index (χ1) is 12.9. The highest BCUT2D eigenvalue weighted by atomic mass is 32.2. The lowest BCUT2D eigenvalue weighted by atomic mass is 10.1. The van der Waals surface area contributed by atoms with E-state index in [4.69, 9.17) is 15.9 Å². The molecule has 6 nitrogen and oxygen atoms in total. The molecule has 0 bridgehead atoms. The average Bonchev–Trinajstić information content (AvgIpc) is 2.65. The molecule has 1 amide bonds. The quantitative estimate of drug-likeness (QED) is 0.426. The van der Waals surface area contributed by atoms with Crippen molar-refractivity contribution < 1.29 is 19.1 Å². The molecule has 0 saturated carbocycles. The van der Waals surface area contributed by atoms with Crippen LogP contribution in [-0.2, 0) is 14.3 Å². The molecule has 27 heavy (non-hydrogen) atoms. The highest BCUT2D eigenvalue weighted by Crippen LogP contribution is 2.26. The molecule has 2 aromatic rings. The molecule has 1 N–H and O–H groups in total. The van der Waals surface area contributed by atoms with E-state index in [1.807, 2.05) is 19.1 Å². The third kappa shape index (κ3) is 5.00. The van der Waals surface area contributed by atoms with Crippen molar-refractivity contribution >= 4 is 34.9 Å². The maximum absolute atomic E-state index is 12.6. The molecular formula is C20H22N2O4S. The summed E-state index contributed by atoms with van der Waals surface area (Å²) < 4.78 is 10.9. The summed E-state index contributed by atoms with van der Waals surface area (Å²) >= 11 is 1.22. The first-order valence-corrected chi connectivity index (χ1v) is 9.48. The molecule has 0 aliphatic heterocycles. The number of ether oxygens (including phenoxy) is 2. The van der Waals surface area contributed by atoms with Crippen molar-refractivity contribution in [2.75, 3.05) is 20.0 Å². The van der Waals surface area contributed by atoms with Crippen LogP contribution in [0.4, 0.5) is 0 Å². The van der Waals surface area contributed by atoms with E-state index >= 15 is 0 Å². The van der Waals surface area contributed by atoms with E-state index in [9.17, 15) is 9.59 Å². The number of aldehydes is 1. The van der Waals surface area contributed by atoms with E-state index in [2.05, 4.69) is 16.2 Å². The Kier molecular flexibility index (Phi) is 6.83. The van der Waals surface area contributed by atoms with Crippen LogP contribution < -0.4 is 10.1 Å². The number of fused-ring (bicyclic) bond motifs is 1. The zero-order valence-electron chi connectivity index (χ0n) is 15.7. The van der Waals surface area contributed by atoms with E-state index in [0.29, 0.717) is 17.6 Å². The average molecular weight is 386 g/mol. The van der Waals surface area contributed by atoms with Crippen LogP contribution in [0.15, 0.2) is 24.4 Å². The van der Waals surface area contributed by atoms with Crippen LogP contribution in [-0.4, -0.2) is 48.1 Å². The van der Waals surface area contributed by atoms with E-state index in [-0.39, 0.29) is 6.61 Å². The molecule has 0 aliphatic rings. The fourth-order valence-corrected chi connectivity index (χ4v) is 3.10. The van der Waals surface area contributed by atoms with Gasteiger partial charge in [0.2, 0.25) is 5.44 Å². The number of methoxy groups -OCH3 is 1. The molecule has 2 rings (SSSR count). The van der Waals surface area contributed by atoms with Crippen LogP contribution in [0.5, 0.6) is 5.75 Å². The minimum atomic E-state index is -1.12. The van der Waals surface area contributed by atoms with Gasteiger partial charge < -0.3 is 19.6 Å². The second kappa shape index (κ2) is 8.89. The van der Waals surface area contributed by atoms with Gasteiger partial charge in [-0.3, -0.25) is 9.78 Å². The zero-order chi connectivity index (χ0) is 20.0. The van der Waals surface area contributed by atoms with Gasteiger partial charge in [-0.25, -0.2) is 0 Å². The number of hydrogen-bond acceptors (Lipinski definition) is 6. The van der Waals surface area contributed by atoms with E-state index in [1.54, 1.807) is 25.4 Å². The lowest BCUT2D eigenvalue weighted by molar-refractivity contribution is -0.130. The largest absolute Gasteiger partial charge is 0.470 e. The summed E-state index contributed by atoms with van der Waals surface area (Å²) in [5.74, 6) is 2.66. The molecule has 0 fully saturated rings. The summed E-state index contributed by atoms with van der Waals surface area (Å²) in [6.07, 6.45) is 9.49. The Labute approximate surface area is 163 Å². The molecule has 1 aromatic heterocycles. The van der Waals surface area contributed by atoms with Crippen LogP contribution in [0, 0.1) is 19.3 Å². The number of carbonyl (C=O) groups is 2. The van der Waals surface area contributed by atoms with Gasteiger partial charge in [0, 0.05) is 24.3 Å². The lowest BCUT2D eigenvalue weighted by Gasteiger charge is -2.26. The fourth-order valence-electron chi connectivity index (χ4n) is 2.62. The summed E-state index contributed by atoms with van der Waals surface area (Å²) in [4.78, 5) is 28.2. The number of aromatic nitrogens is 1. The van der Waals surface area contributed by atoms with Crippen LogP contribution in [0.1, 0.15) is 18.1 Å². The summed E-state index contributed by atoms with van der Waals surface area (Å²) in [6.45, 7) is 3.57. The Balaban J connectivity index is 2.26. The van der Waals surface area contributed by atoms with Gasteiger partial charge in [-0.1, -0.05) is 5.92 Å². The third-order valence-electron chi connectivity index (χ3n) is 3.90. The number of rotatable bonds is 8. The molecular weight excluding hydrogens is 364 g/mol. The van der Waals surface area contributed by atoms with Crippen molar-refractivity contribution in [3.8, 4) is 18.1 Å². The van der Waals surface area contributed by atoms with Gasteiger partial charge in [0.25, 0.3) is 5.91 Å². The van der Waals surface area contributed by atoms with E-state index in [1.165, 1.54) is 18.9 Å². The highest BCUT2D eigenvalue weighted by molar-refractivity contribution is 7.99. The Morgan fingerprint density at radius 3 is 2.81 bits per heavy atom. The predicted octanol–water partition coefficient (Wildman–Crippen LogP) is 2.31. The van der Waals surface area contributed by atoms with Gasteiger partial charge in [-0.15, -0.1) is 18.2 Å². The number of thioether (sulfide) groups is 1. The van der Waals surface area contributed by atoms with Crippen LogP contribution in [0.2, 0.25) is 0 Å². The smallest absolute Gasteiger partial charge is 0.272 e. The minimum absolute atomic E-state index is 0.0684. The summed E-state index contributed by atoms with van der Waals surface area (Å²) in [7, 11) is 1.47. The number of carbonyl (C=O) groups excluding carboxylic acids is 2. The Morgan fingerprint density at radius 1 is 1.48 bits per heavy atom. The topological polar surface area (TPSA) is 77.5 Å². The number of amides is 1. The number of nitrogens with zero attached hydrogens (tertiary/aromatic N) is 1. The Hall–Kier alpha value is -2.56. The van der Waals surface area contributed by atoms with Crippen LogP contribution >= 0.6 is 11.8 Å². The van der Waals surface area contributed by atoms with Crippen LogP contribution in [0.25, 0.3) is 10.9 Å². The zero-order valence-corrected chi connectivity index (χ0v) is 16.6. The fraction of sp³-hybridized carbons (Fsp3) is 0.350. The first-order valence-electron chi connectivity index (χ1n) is 8.19. The minimum Gasteiger partial charge on any atom is -0.470 e. The highest BCUT2D eigenvalue weighted by Gasteiger charge is 2.30. The summed E-state index contributed by atoms with van der Waals surface area (Å²) in [5, 5.41) is 3.50. The number of benzene rings is 1. The maximum atomic E-state index is 12.6. The summed E-state index contributed by atoms with van der Waals surface area (Å²) in [6, 6.07) is 5.45. The van der Waals surface area contributed by atoms with E-state index in [0.717, 1.165) is 16.5 Å². The second-order valence-corrected chi connectivity index (χ2v) is 7.22. The molecule has 1 aromatic carbocycles. The lowest BCUT2D eigenvalue weighted by Crippen LogP contribution is -2.54. The Morgan fingerprint density at radius 2 is 2.22 bits per heavy atom. The van der Waals surface area contributed by atoms with Gasteiger partial charge in [0.1, 0.15) is 17.6 Å². The number of terminal acetylenes is 1. The number of nitrogens with one attached hydrogen (secondary N) is 1. The SMILES string of the molecule is C#Cc1cnc2c(C)cc(OC(SC)C(=O)NC(C)(C=O)COC)cc2c1. The van der Waals surface area contributed by atoms with Crippen LogP contribution in [0.3, 0.4) is 0 Å². The van der Waals surface area contributed by atoms with Gasteiger partial charge in [0.05, 0.1) is 12.1 Å². The number of hydrogen-bond donors (Lipinski definition) is 1. The standard InChI is InChI=1S/C20H22N2O4S/c1-6-14-8-15-9-16(7-13(2)17(15)21-10-14)26-19(27-5)18(24)22-20(3,11-23)12-25-4/h1,7-11,19H,12H2,2-5H3,(H,22,24). The van der Waals surface area contributed by atoms with Gasteiger partial charge in [-0.2, -0.15) is 0 Å². The van der Waals surface area contributed by atoms with Gasteiger partial charge in [0.15, 0.2) is 0 Å². The first kappa shape index (κ1) is 20.7. The molecule has 142 valence electrons. The second-order valence-electron chi connectivity index (χ2n) is 6.32. The predicted molar refractivity (Wildman–Crippen MR) is 107 cm³/mol. The number of pyridine rings is 1. The third-order valence-corrected chi connectivity index (χ3v) is 4.64. The molecule has 0 spiro atoms. The normalized spacial score (nSPS) is 14.0. The van der Waals surface area contributed by atoms with Crippen molar-refractivity contribution in [2.24, 2.45) is 0 Å². The molecule has 2 atom stereocenters. The molecule has 7 heteroatoms. The maximum Gasteiger partial charge on any atom is 0.272 e. The Bertz CT molecular complexity index is 893. The summed E-state index contributed by atoms with van der Waals surface area (Å²) in [5.41, 5.74) is 0.443. The van der Waals surface area contributed by atoms with Crippen molar-refractivity contribution in [1.29, 1.82) is 0 Å². The number of aryl methyl sites for hydroxylation is 1. The molecule has 2 unspecified atom stereocenters. The van der Waals surface area contributed by atoms with Crippen molar-refractivity contribution in [1.82, 2.24) is 10.3 Å². The molecule has 0 aliphatic carbocycles. The van der Waals surface area contributed by atoms with Crippen molar-refractivity contribution in [3.05, 3.63) is 35.5 Å². The van der Waals surface area contributed by atoms with Crippen molar-refractivity contribution in [2.45, 2.75) is 24.8 Å². The monoisotopic (exact) mass is 386 g/mol. The van der Waals surface area contributed by atoms with Gasteiger partial charge in [-0.05, 0) is 43.9 Å². The molecule has 1 heterocycles. The van der Waals surface area contributed by atoms with Gasteiger partial charge >= 0.3 is 0 Å². The van der Waals surface area contributed by atoms with Crippen molar-refractivity contribution in [3.63, 3.8) is 0 Å². The van der Waals surface area contributed by atoms with E-state index < -0.39 is 16.9 Å². The molecule has 0 radical (unpaired) electrons.